The summed E-state index contributed by atoms with van der Waals surface area (Å²) in [7, 11) is 0. The second-order valence-corrected chi connectivity index (χ2v) is 6.61. The van der Waals surface area contributed by atoms with E-state index < -0.39 is 5.91 Å². The van der Waals surface area contributed by atoms with Crippen molar-refractivity contribution in [3.05, 3.63) is 17.5 Å². The molecular weight excluding hydrogens is 316 g/mol. The summed E-state index contributed by atoms with van der Waals surface area (Å²) in [6.07, 6.45) is 5.11. The third-order valence-corrected chi connectivity index (χ3v) is 4.55. The first kappa shape index (κ1) is 16.0. The lowest BCUT2D eigenvalue weighted by Gasteiger charge is -2.06. The monoisotopic (exact) mass is 336 g/mol. The third-order valence-electron chi connectivity index (χ3n) is 3.59. The van der Waals surface area contributed by atoms with Crippen molar-refractivity contribution in [1.82, 2.24) is 24.9 Å². The number of carbonyl (C=O) groups excluding carboxylic acids is 1. The van der Waals surface area contributed by atoms with E-state index in [2.05, 4.69) is 27.3 Å². The van der Waals surface area contributed by atoms with Gasteiger partial charge in [-0.1, -0.05) is 30.3 Å². The van der Waals surface area contributed by atoms with E-state index in [1.807, 2.05) is 4.57 Å². The smallest absolute Gasteiger partial charge is 0.237 e. The second-order valence-electron chi connectivity index (χ2n) is 5.66. The molecule has 0 aliphatic heterocycles. The summed E-state index contributed by atoms with van der Waals surface area (Å²) in [6.45, 7) is 2.23. The van der Waals surface area contributed by atoms with Crippen LogP contribution in [0.5, 0.6) is 0 Å². The van der Waals surface area contributed by atoms with E-state index in [1.165, 1.54) is 11.8 Å². The fourth-order valence-electron chi connectivity index (χ4n) is 2.26. The maximum Gasteiger partial charge on any atom is 0.237 e. The Kier molecular flexibility index (Phi) is 4.94. The quantitative estimate of drug-likeness (QED) is 0.693. The van der Waals surface area contributed by atoms with E-state index in [9.17, 15) is 4.79 Å². The topological polar surface area (TPSA) is 113 Å². The summed E-state index contributed by atoms with van der Waals surface area (Å²) < 4.78 is 7.02. The molecule has 3 rings (SSSR count). The Labute approximate surface area is 138 Å². The van der Waals surface area contributed by atoms with Gasteiger partial charge >= 0.3 is 0 Å². The maximum absolute atomic E-state index is 11.3. The van der Waals surface area contributed by atoms with Crippen LogP contribution in [0.4, 0.5) is 0 Å². The van der Waals surface area contributed by atoms with Gasteiger partial charge in [0.25, 0.3) is 0 Å². The van der Waals surface area contributed by atoms with Gasteiger partial charge in [0, 0.05) is 12.3 Å². The number of hydrogen-bond acceptors (Lipinski definition) is 7. The van der Waals surface area contributed by atoms with Gasteiger partial charge in [0.2, 0.25) is 11.8 Å². The molecule has 1 amide bonds. The lowest BCUT2D eigenvalue weighted by atomic mass is 10.2. The molecule has 0 aromatic carbocycles. The van der Waals surface area contributed by atoms with Crippen LogP contribution in [0.25, 0.3) is 0 Å². The summed E-state index contributed by atoms with van der Waals surface area (Å²) in [4.78, 5) is 15.6. The lowest BCUT2D eigenvalue weighted by Crippen LogP contribution is -2.20. The van der Waals surface area contributed by atoms with Gasteiger partial charge in [0.05, 0.1) is 5.75 Å². The molecule has 0 saturated heterocycles. The number of aryl methyl sites for hydroxylation is 1. The molecule has 1 aliphatic carbocycles. The molecule has 2 heterocycles. The van der Waals surface area contributed by atoms with Crippen LogP contribution in [0.3, 0.4) is 0 Å². The van der Waals surface area contributed by atoms with Crippen molar-refractivity contribution >= 4 is 17.7 Å². The van der Waals surface area contributed by atoms with E-state index in [-0.39, 0.29) is 6.54 Å². The van der Waals surface area contributed by atoms with Gasteiger partial charge < -0.3 is 10.3 Å². The SMILES string of the molecule is CCCCc1nc(CSc2nnc(C3CC3)n2CC(N)=O)no1. The van der Waals surface area contributed by atoms with Crippen LogP contribution in [0.15, 0.2) is 9.68 Å². The van der Waals surface area contributed by atoms with Gasteiger partial charge in [-0.2, -0.15) is 4.98 Å². The molecule has 0 spiro atoms. The van der Waals surface area contributed by atoms with Crippen LogP contribution in [-0.4, -0.2) is 30.8 Å². The molecule has 1 aliphatic rings. The predicted molar refractivity (Wildman–Crippen MR) is 83.7 cm³/mol. The number of unbranched alkanes of at least 4 members (excludes halogenated alkanes) is 1. The number of thioether (sulfide) groups is 1. The van der Waals surface area contributed by atoms with Gasteiger partial charge in [-0.25, -0.2) is 0 Å². The summed E-state index contributed by atoms with van der Waals surface area (Å²) in [5, 5.41) is 13.0. The predicted octanol–water partition coefficient (Wildman–Crippen LogP) is 1.66. The first-order valence-electron chi connectivity index (χ1n) is 7.83. The standard InChI is InChI=1S/C14H20N6O2S/c1-2-3-4-12-16-11(19-22-12)8-23-14-18-17-13(9-5-6-9)20(14)7-10(15)21/h9H,2-8H2,1H3,(H2,15,21). The Morgan fingerprint density at radius 3 is 2.96 bits per heavy atom. The fraction of sp³-hybridized carbons (Fsp3) is 0.643. The van der Waals surface area contributed by atoms with Crippen molar-refractivity contribution in [2.75, 3.05) is 0 Å². The van der Waals surface area contributed by atoms with Crippen molar-refractivity contribution in [1.29, 1.82) is 0 Å². The Morgan fingerprint density at radius 2 is 2.26 bits per heavy atom. The lowest BCUT2D eigenvalue weighted by molar-refractivity contribution is -0.118. The van der Waals surface area contributed by atoms with Crippen LogP contribution >= 0.6 is 11.8 Å². The summed E-state index contributed by atoms with van der Waals surface area (Å²) in [5.74, 6) is 2.68. The van der Waals surface area contributed by atoms with Crippen LogP contribution in [0.1, 0.15) is 56.1 Å². The van der Waals surface area contributed by atoms with E-state index in [0.717, 1.165) is 37.9 Å². The molecule has 0 radical (unpaired) electrons. The molecule has 2 N–H and O–H groups in total. The van der Waals surface area contributed by atoms with Crippen LogP contribution < -0.4 is 5.73 Å². The maximum atomic E-state index is 11.3. The van der Waals surface area contributed by atoms with E-state index in [0.29, 0.717) is 28.5 Å². The molecule has 1 fully saturated rings. The number of primary amides is 1. The molecule has 23 heavy (non-hydrogen) atoms. The zero-order chi connectivity index (χ0) is 16.2. The molecule has 124 valence electrons. The normalized spacial score (nSPS) is 14.3. The highest BCUT2D eigenvalue weighted by Crippen LogP contribution is 2.40. The van der Waals surface area contributed by atoms with Crippen molar-refractivity contribution in [2.45, 2.75) is 62.4 Å². The van der Waals surface area contributed by atoms with Crippen molar-refractivity contribution in [2.24, 2.45) is 5.73 Å². The largest absolute Gasteiger partial charge is 0.368 e. The number of aromatic nitrogens is 5. The average molecular weight is 336 g/mol. The molecule has 0 atom stereocenters. The molecule has 0 bridgehead atoms. The summed E-state index contributed by atoms with van der Waals surface area (Å²) >= 11 is 1.44. The van der Waals surface area contributed by atoms with Crippen molar-refractivity contribution in [3.63, 3.8) is 0 Å². The Balaban J connectivity index is 1.65. The van der Waals surface area contributed by atoms with E-state index in [1.54, 1.807) is 0 Å². The molecule has 0 unspecified atom stereocenters. The van der Waals surface area contributed by atoms with Gasteiger partial charge in [0.15, 0.2) is 11.0 Å². The van der Waals surface area contributed by atoms with Crippen molar-refractivity contribution < 1.29 is 9.32 Å². The number of rotatable bonds is 9. The summed E-state index contributed by atoms with van der Waals surface area (Å²) in [6, 6.07) is 0. The minimum atomic E-state index is -0.394. The average Bonchev–Trinajstić information content (AvgIpc) is 3.14. The van der Waals surface area contributed by atoms with Gasteiger partial charge in [-0.3, -0.25) is 9.36 Å². The fourth-order valence-corrected chi connectivity index (χ4v) is 3.05. The molecule has 9 heteroatoms. The van der Waals surface area contributed by atoms with Crippen molar-refractivity contribution in [3.8, 4) is 0 Å². The van der Waals surface area contributed by atoms with Crippen LogP contribution in [0.2, 0.25) is 0 Å². The van der Waals surface area contributed by atoms with E-state index >= 15 is 0 Å². The highest BCUT2D eigenvalue weighted by Gasteiger charge is 2.30. The number of amides is 1. The van der Waals surface area contributed by atoms with Gasteiger partial charge in [0.1, 0.15) is 12.4 Å². The highest BCUT2D eigenvalue weighted by atomic mass is 32.2. The zero-order valence-electron chi connectivity index (χ0n) is 13.1. The number of nitrogens with two attached hydrogens (primary N) is 1. The second kappa shape index (κ2) is 7.12. The van der Waals surface area contributed by atoms with Crippen LogP contribution in [-0.2, 0) is 23.5 Å². The Bertz CT molecular complexity index is 679. The minimum Gasteiger partial charge on any atom is -0.368 e. The first-order valence-corrected chi connectivity index (χ1v) is 8.81. The highest BCUT2D eigenvalue weighted by molar-refractivity contribution is 7.98. The van der Waals surface area contributed by atoms with Gasteiger partial charge in [-0.15, -0.1) is 10.2 Å². The van der Waals surface area contributed by atoms with Gasteiger partial charge in [-0.05, 0) is 19.3 Å². The molecular formula is C14H20N6O2S. The molecule has 1 saturated carbocycles. The molecule has 2 aromatic rings. The van der Waals surface area contributed by atoms with E-state index in [4.69, 9.17) is 10.3 Å². The number of carbonyl (C=O) groups is 1. The molecule has 8 nitrogen and oxygen atoms in total. The molecule has 2 aromatic heterocycles. The Morgan fingerprint density at radius 1 is 1.43 bits per heavy atom. The zero-order valence-corrected chi connectivity index (χ0v) is 13.9. The minimum absolute atomic E-state index is 0.106. The first-order chi connectivity index (χ1) is 11.2. The number of nitrogens with zero attached hydrogens (tertiary/aromatic N) is 5. The number of hydrogen-bond donors (Lipinski definition) is 1. The van der Waals surface area contributed by atoms with Crippen LogP contribution in [0, 0.1) is 0 Å². The Hall–Kier alpha value is -1.90. The summed E-state index contributed by atoms with van der Waals surface area (Å²) in [5.41, 5.74) is 5.33. The third kappa shape index (κ3) is 4.10.